The number of halogens is 3. The number of sulfonamides is 1. The highest BCUT2D eigenvalue weighted by Gasteiger charge is 2.38. The van der Waals surface area contributed by atoms with Gasteiger partial charge in [-0.05, 0) is 31.4 Å². The fraction of sp³-hybridized carbons (Fsp3) is 0.579. The second kappa shape index (κ2) is 10.4. The summed E-state index contributed by atoms with van der Waals surface area (Å²) in [5.74, 6) is -2.81. The molecular formula is C19H26F3N3O5S. The molecular weight excluding hydrogens is 439 g/mol. The lowest BCUT2D eigenvalue weighted by Crippen LogP contribution is -2.48. The molecule has 0 bridgehead atoms. The molecule has 12 heteroatoms. The first-order valence-electron chi connectivity index (χ1n) is 9.78. The zero-order valence-corrected chi connectivity index (χ0v) is 17.9. The Kier molecular flexibility index (Phi) is 8.43. The fourth-order valence-electron chi connectivity index (χ4n) is 3.07. The number of aryl methyl sites for hydroxylation is 1. The van der Waals surface area contributed by atoms with Gasteiger partial charge in [-0.25, -0.2) is 13.2 Å². The minimum Gasteiger partial charge on any atom is -0.475 e. The van der Waals surface area contributed by atoms with Crippen LogP contribution in [0.5, 0.6) is 0 Å². The number of carboxylic acid groups (broad SMARTS) is 1. The Hall–Kier alpha value is -2.18. The summed E-state index contributed by atoms with van der Waals surface area (Å²) in [7, 11) is -3.31. The summed E-state index contributed by atoms with van der Waals surface area (Å²) in [5, 5.41) is 10.3. The number of aliphatic carboxylic acids is 1. The number of carbonyl (C=O) groups excluding carboxylic acids is 1. The topological polar surface area (TPSA) is 107 Å². The van der Waals surface area contributed by atoms with Crippen molar-refractivity contribution in [2.75, 3.05) is 38.5 Å². The summed E-state index contributed by atoms with van der Waals surface area (Å²) in [6.45, 7) is 4.58. The maximum Gasteiger partial charge on any atom is 0.490 e. The van der Waals surface area contributed by atoms with Crippen LogP contribution in [0.4, 0.5) is 13.2 Å². The van der Waals surface area contributed by atoms with Crippen LogP contribution in [-0.4, -0.2) is 85.3 Å². The number of benzene rings is 1. The van der Waals surface area contributed by atoms with E-state index in [0.29, 0.717) is 31.7 Å². The number of hydrogen-bond acceptors (Lipinski definition) is 5. The number of piperazine rings is 1. The first kappa shape index (κ1) is 25.1. The third kappa shape index (κ3) is 7.47. The van der Waals surface area contributed by atoms with E-state index in [-0.39, 0.29) is 24.2 Å². The third-order valence-corrected chi connectivity index (χ3v) is 6.78. The number of carboxylic acids is 1. The highest BCUT2D eigenvalue weighted by Crippen LogP contribution is 2.29. The van der Waals surface area contributed by atoms with Gasteiger partial charge in [0.1, 0.15) is 0 Å². The van der Waals surface area contributed by atoms with E-state index in [1.54, 1.807) is 4.90 Å². The molecule has 1 amide bonds. The van der Waals surface area contributed by atoms with Crippen LogP contribution in [0.15, 0.2) is 24.3 Å². The van der Waals surface area contributed by atoms with Crippen molar-refractivity contribution >= 4 is 21.9 Å². The fourth-order valence-corrected chi connectivity index (χ4v) is 4.49. The van der Waals surface area contributed by atoms with Gasteiger partial charge in [-0.1, -0.05) is 18.2 Å². The molecule has 1 saturated carbocycles. The Morgan fingerprint density at radius 1 is 1.19 bits per heavy atom. The molecule has 1 saturated heterocycles. The average molecular weight is 465 g/mol. The molecule has 0 atom stereocenters. The lowest BCUT2D eigenvalue weighted by Gasteiger charge is -2.28. The summed E-state index contributed by atoms with van der Waals surface area (Å²) in [5.41, 5.74) is 1.60. The first-order chi connectivity index (χ1) is 14.4. The van der Waals surface area contributed by atoms with Gasteiger partial charge < -0.3 is 15.3 Å². The summed E-state index contributed by atoms with van der Waals surface area (Å²) in [6.07, 6.45) is -3.16. The number of hydrogen-bond donors (Lipinski definition) is 2. The summed E-state index contributed by atoms with van der Waals surface area (Å²) in [4.78, 5) is 23.5. The van der Waals surface area contributed by atoms with Gasteiger partial charge in [0.2, 0.25) is 10.0 Å². The second-order valence-electron chi connectivity index (χ2n) is 7.31. The lowest BCUT2D eigenvalue weighted by atomic mass is 10.1. The number of rotatable bonds is 6. The van der Waals surface area contributed by atoms with Gasteiger partial charge in [0.05, 0.1) is 5.75 Å². The van der Waals surface area contributed by atoms with E-state index in [0.717, 1.165) is 18.4 Å². The van der Waals surface area contributed by atoms with Gasteiger partial charge in [-0.15, -0.1) is 0 Å². The van der Waals surface area contributed by atoms with Crippen LogP contribution in [-0.2, 0) is 14.8 Å². The van der Waals surface area contributed by atoms with Gasteiger partial charge in [-0.3, -0.25) is 4.79 Å². The highest BCUT2D eigenvalue weighted by atomic mass is 32.2. The molecule has 2 fully saturated rings. The number of amides is 1. The average Bonchev–Trinajstić information content (AvgIpc) is 3.54. The van der Waals surface area contributed by atoms with E-state index in [2.05, 4.69) is 5.32 Å². The van der Waals surface area contributed by atoms with E-state index in [1.807, 2.05) is 31.2 Å². The standard InChI is InChI=1S/C17H25N3O3S.C2HF3O2/c1-14-4-2-3-5-16(14)17(21)20(15-6-7-15)12-13-24(22,23)19-10-8-18-9-11-19;3-2(4,5)1(6)7/h2-5,15,18H,6-13H2,1H3;(H,6,7). The molecule has 2 aliphatic rings. The van der Waals surface area contributed by atoms with Gasteiger partial charge >= 0.3 is 12.1 Å². The minimum absolute atomic E-state index is 0.00111. The molecule has 2 N–H and O–H groups in total. The van der Waals surface area contributed by atoms with Crippen molar-refractivity contribution in [2.45, 2.75) is 32.0 Å². The van der Waals surface area contributed by atoms with Crippen molar-refractivity contribution in [2.24, 2.45) is 0 Å². The van der Waals surface area contributed by atoms with Crippen LogP contribution in [0.1, 0.15) is 28.8 Å². The van der Waals surface area contributed by atoms with Crippen molar-refractivity contribution < 1.29 is 36.3 Å². The van der Waals surface area contributed by atoms with E-state index in [9.17, 15) is 26.4 Å². The molecule has 0 unspecified atom stereocenters. The van der Waals surface area contributed by atoms with E-state index in [4.69, 9.17) is 9.90 Å². The van der Waals surface area contributed by atoms with E-state index in [1.165, 1.54) is 4.31 Å². The zero-order valence-electron chi connectivity index (χ0n) is 17.1. The van der Waals surface area contributed by atoms with Gasteiger partial charge in [0.25, 0.3) is 5.91 Å². The first-order valence-corrected chi connectivity index (χ1v) is 11.4. The van der Waals surface area contributed by atoms with Crippen LogP contribution >= 0.6 is 0 Å². The predicted octanol–water partition coefficient (Wildman–Crippen LogP) is 1.47. The van der Waals surface area contributed by atoms with E-state index >= 15 is 0 Å². The van der Waals surface area contributed by atoms with Crippen LogP contribution in [0.2, 0.25) is 0 Å². The second-order valence-corrected chi connectivity index (χ2v) is 9.40. The Morgan fingerprint density at radius 3 is 2.23 bits per heavy atom. The van der Waals surface area contributed by atoms with Crippen LogP contribution < -0.4 is 5.32 Å². The van der Waals surface area contributed by atoms with Crippen molar-refractivity contribution in [1.29, 1.82) is 0 Å². The Labute approximate surface area is 179 Å². The van der Waals surface area contributed by atoms with Gasteiger partial charge in [0.15, 0.2) is 0 Å². The van der Waals surface area contributed by atoms with Crippen LogP contribution in [0.3, 0.4) is 0 Å². The number of nitrogens with zero attached hydrogens (tertiary/aromatic N) is 2. The summed E-state index contributed by atoms with van der Waals surface area (Å²) in [6, 6.07) is 7.68. The minimum atomic E-state index is -5.08. The van der Waals surface area contributed by atoms with Crippen LogP contribution in [0.25, 0.3) is 0 Å². The van der Waals surface area contributed by atoms with E-state index < -0.39 is 22.2 Å². The quantitative estimate of drug-likeness (QED) is 0.659. The van der Waals surface area contributed by atoms with Crippen LogP contribution in [0, 0.1) is 6.92 Å². The molecule has 0 aromatic heterocycles. The number of alkyl halides is 3. The Morgan fingerprint density at radius 2 is 1.74 bits per heavy atom. The third-order valence-electron chi connectivity index (χ3n) is 4.93. The maximum absolute atomic E-state index is 12.8. The van der Waals surface area contributed by atoms with Gasteiger partial charge in [-0.2, -0.15) is 17.5 Å². The number of carbonyl (C=O) groups is 2. The highest BCUT2D eigenvalue weighted by molar-refractivity contribution is 7.89. The monoisotopic (exact) mass is 465 g/mol. The lowest BCUT2D eigenvalue weighted by molar-refractivity contribution is -0.192. The molecule has 1 heterocycles. The van der Waals surface area contributed by atoms with Crippen molar-refractivity contribution in [3.05, 3.63) is 35.4 Å². The molecule has 0 spiro atoms. The summed E-state index contributed by atoms with van der Waals surface area (Å²) < 4.78 is 58.3. The molecule has 1 aromatic carbocycles. The molecule has 1 aliphatic carbocycles. The van der Waals surface area contributed by atoms with Crippen molar-refractivity contribution in [1.82, 2.24) is 14.5 Å². The molecule has 1 aromatic rings. The molecule has 8 nitrogen and oxygen atoms in total. The number of nitrogens with one attached hydrogen (secondary N) is 1. The smallest absolute Gasteiger partial charge is 0.475 e. The van der Waals surface area contributed by atoms with Crippen molar-refractivity contribution in [3.63, 3.8) is 0 Å². The molecule has 0 radical (unpaired) electrons. The Balaban J connectivity index is 0.000000423. The van der Waals surface area contributed by atoms with Crippen molar-refractivity contribution in [3.8, 4) is 0 Å². The SMILES string of the molecule is Cc1ccccc1C(=O)N(CCS(=O)(=O)N1CCNCC1)C1CC1.O=C(O)C(F)(F)F. The predicted molar refractivity (Wildman–Crippen MR) is 107 cm³/mol. The molecule has 1 aliphatic heterocycles. The zero-order chi connectivity index (χ0) is 23.2. The van der Waals surface area contributed by atoms with Gasteiger partial charge in [0, 0.05) is 44.3 Å². The largest absolute Gasteiger partial charge is 0.490 e. The molecule has 3 rings (SSSR count). The summed E-state index contributed by atoms with van der Waals surface area (Å²) >= 11 is 0. The Bertz CT molecular complexity index is 882. The normalized spacial score (nSPS) is 17.4. The molecule has 31 heavy (non-hydrogen) atoms. The maximum atomic E-state index is 12.8. The molecule has 174 valence electrons.